The third-order valence-electron chi connectivity index (χ3n) is 7.52. The average molecular weight is 430 g/mol. The van der Waals surface area contributed by atoms with Gasteiger partial charge in [0.15, 0.2) is 0 Å². The molecular formula is C23H28ClN3O3. The number of carbonyl (C=O) groups is 1. The maximum atomic E-state index is 12.4. The van der Waals surface area contributed by atoms with Gasteiger partial charge in [0.1, 0.15) is 11.3 Å². The van der Waals surface area contributed by atoms with Gasteiger partial charge in [-0.15, -0.1) is 0 Å². The molecule has 6 nitrogen and oxygen atoms in total. The number of anilines is 1. The Labute approximate surface area is 181 Å². The number of piperidine rings is 1. The fourth-order valence-electron chi connectivity index (χ4n) is 6.11. The van der Waals surface area contributed by atoms with E-state index in [1.165, 1.54) is 19.3 Å². The third kappa shape index (κ3) is 2.95. The summed E-state index contributed by atoms with van der Waals surface area (Å²) < 4.78 is 12.0. The zero-order valence-corrected chi connectivity index (χ0v) is 17.9. The van der Waals surface area contributed by atoms with Crippen LogP contribution < -0.4 is 10.6 Å². The van der Waals surface area contributed by atoms with Crippen molar-refractivity contribution in [3.05, 3.63) is 28.5 Å². The Kier molecular flexibility index (Phi) is 4.34. The van der Waals surface area contributed by atoms with Crippen molar-refractivity contribution in [2.24, 2.45) is 5.41 Å². The molecule has 30 heavy (non-hydrogen) atoms. The van der Waals surface area contributed by atoms with Crippen molar-refractivity contribution >= 4 is 34.3 Å². The number of halogens is 1. The molecule has 3 aliphatic heterocycles. The smallest absolute Gasteiger partial charge is 0.319 e. The van der Waals surface area contributed by atoms with Crippen LogP contribution in [-0.4, -0.2) is 37.2 Å². The van der Waals surface area contributed by atoms with Crippen LogP contribution in [-0.2, 0) is 16.8 Å². The van der Waals surface area contributed by atoms with Crippen molar-refractivity contribution in [3.63, 3.8) is 0 Å². The molecule has 1 saturated carbocycles. The second kappa shape index (κ2) is 6.87. The Bertz CT molecular complexity index is 1010. The summed E-state index contributed by atoms with van der Waals surface area (Å²) in [5, 5.41) is 7.79. The molecule has 1 aromatic heterocycles. The monoisotopic (exact) mass is 429 g/mol. The lowest BCUT2D eigenvalue weighted by molar-refractivity contribution is -0.145. The van der Waals surface area contributed by atoms with E-state index in [0.717, 1.165) is 86.5 Å². The standard InChI is InChI=1S/C23H28ClN3O3/c24-17-10-15-9-16(11-27-8-4-5-22(12-27)13-29-14-22)30-20(15)18-19(17)25-21(28)26-23(18)6-2-1-3-7-23/h9-10H,1-8,11-14H2,(H2,25,26,28). The molecule has 4 aliphatic rings. The number of rotatable bonds is 2. The summed E-state index contributed by atoms with van der Waals surface area (Å²) in [7, 11) is 0. The zero-order chi connectivity index (χ0) is 20.3. The first-order valence-electron chi connectivity index (χ1n) is 11.2. The molecule has 2 aromatic rings. The lowest BCUT2D eigenvalue weighted by Crippen LogP contribution is -2.53. The van der Waals surface area contributed by atoms with Crippen molar-refractivity contribution in [1.29, 1.82) is 0 Å². The van der Waals surface area contributed by atoms with Crippen LogP contribution in [0.4, 0.5) is 10.5 Å². The van der Waals surface area contributed by atoms with Crippen LogP contribution in [0.3, 0.4) is 0 Å². The van der Waals surface area contributed by atoms with Crippen LogP contribution in [0.2, 0.25) is 5.02 Å². The van der Waals surface area contributed by atoms with Crippen LogP contribution in [0.5, 0.6) is 0 Å². The normalized spacial score (nSPS) is 25.0. The van der Waals surface area contributed by atoms with Crippen LogP contribution in [0.15, 0.2) is 16.5 Å². The summed E-state index contributed by atoms with van der Waals surface area (Å²) in [5.74, 6) is 0.967. The largest absolute Gasteiger partial charge is 0.459 e. The molecule has 160 valence electrons. The number of ether oxygens (including phenoxy) is 1. The first-order chi connectivity index (χ1) is 14.6. The molecule has 2 amide bonds. The van der Waals surface area contributed by atoms with Crippen molar-refractivity contribution < 1.29 is 13.9 Å². The number of urea groups is 1. The van der Waals surface area contributed by atoms with Gasteiger partial charge in [-0.25, -0.2) is 4.79 Å². The predicted molar refractivity (Wildman–Crippen MR) is 116 cm³/mol. The molecule has 2 N–H and O–H groups in total. The second-order valence-corrected chi connectivity index (χ2v) is 10.2. The van der Waals surface area contributed by atoms with E-state index in [0.29, 0.717) is 10.4 Å². The predicted octanol–water partition coefficient (Wildman–Crippen LogP) is 4.99. The van der Waals surface area contributed by atoms with Crippen molar-refractivity contribution in [2.75, 3.05) is 31.6 Å². The lowest BCUT2D eigenvalue weighted by Gasteiger charge is -2.48. The minimum atomic E-state index is -0.382. The molecule has 3 fully saturated rings. The maximum Gasteiger partial charge on any atom is 0.319 e. The highest BCUT2D eigenvalue weighted by molar-refractivity contribution is 6.35. The van der Waals surface area contributed by atoms with Gasteiger partial charge in [-0.1, -0.05) is 30.9 Å². The number of fused-ring (bicyclic) bond motifs is 4. The molecule has 2 saturated heterocycles. The number of likely N-dealkylation sites (tertiary alicyclic amines) is 1. The molecule has 0 atom stereocenters. The first-order valence-corrected chi connectivity index (χ1v) is 11.6. The van der Waals surface area contributed by atoms with E-state index in [1.54, 1.807) is 0 Å². The molecule has 7 heteroatoms. The van der Waals surface area contributed by atoms with E-state index in [2.05, 4.69) is 21.6 Å². The zero-order valence-electron chi connectivity index (χ0n) is 17.2. The quantitative estimate of drug-likeness (QED) is 0.705. The van der Waals surface area contributed by atoms with Crippen LogP contribution in [0, 0.1) is 5.41 Å². The van der Waals surface area contributed by atoms with E-state index >= 15 is 0 Å². The minimum absolute atomic E-state index is 0.168. The van der Waals surface area contributed by atoms with Gasteiger partial charge >= 0.3 is 6.03 Å². The minimum Gasteiger partial charge on any atom is -0.459 e. The Morgan fingerprint density at radius 1 is 1.10 bits per heavy atom. The maximum absolute atomic E-state index is 12.4. The van der Waals surface area contributed by atoms with Gasteiger partial charge in [-0.05, 0) is 44.4 Å². The summed E-state index contributed by atoms with van der Waals surface area (Å²) in [4.78, 5) is 14.9. The highest BCUT2D eigenvalue weighted by Crippen LogP contribution is 2.49. The summed E-state index contributed by atoms with van der Waals surface area (Å²) in [5.41, 5.74) is 2.61. The molecule has 0 unspecified atom stereocenters. The van der Waals surface area contributed by atoms with E-state index in [9.17, 15) is 4.79 Å². The first kappa shape index (κ1) is 19.0. The molecule has 1 aromatic carbocycles. The Morgan fingerprint density at radius 3 is 2.70 bits per heavy atom. The molecule has 0 radical (unpaired) electrons. The van der Waals surface area contributed by atoms with Crippen molar-refractivity contribution in [2.45, 2.75) is 57.0 Å². The number of hydrogen-bond acceptors (Lipinski definition) is 4. The lowest BCUT2D eigenvalue weighted by atomic mass is 9.74. The number of benzene rings is 1. The summed E-state index contributed by atoms with van der Waals surface area (Å²) in [6, 6.07) is 3.90. The number of nitrogens with zero attached hydrogens (tertiary/aromatic N) is 1. The van der Waals surface area contributed by atoms with Gasteiger partial charge in [0.05, 0.1) is 36.0 Å². The van der Waals surface area contributed by atoms with Crippen LogP contribution in [0.25, 0.3) is 11.0 Å². The van der Waals surface area contributed by atoms with Gasteiger partial charge in [0.2, 0.25) is 0 Å². The molecule has 4 heterocycles. The van der Waals surface area contributed by atoms with Crippen LogP contribution >= 0.6 is 11.6 Å². The summed E-state index contributed by atoms with van der Waals surface area (Å²) in [6.07, 6.45) is 7.72. The third-order valence-corrected chi connectivity index (χ3v) is 7.82. The molecular weight excluding hydrogens is 402 g/mol. The fourth-order valence-corrected chi connectivity index (χ4v) is 6.37. The van der Waals surface area contributed by atoms with E-state index in [1.807, 2.05) is 6.07 Å². The molecule has 2 spiro atoms. The highest BCUT2D eigenvalue weighted by Gasteiger charge is 2.44. The number of hydrogen-bond donors (Lipinski definition) is 2. The topological polar surface area (TPSA) is 66.7 Å². The number of nitrogens with one attached hydrogen (secondary N) is 2. The van der Waals surface area contributed by atoms with Crippen molar-refractivity contribution in [3.8, 4) is 0 Å². The Balaban J connectivity index is 1.38. The molecule has 0 bridgehead atoms. The number of carbonyl (C=O) groups excluding carboxylic acids is 1. The second-order valence-electron chi connectivity index (χ2n) is 9.77. The number of amides is 2. The molecule has 6 rings (SSSR count). The average Bonchev–Trinajstić information content (AvgIpc) is 3.09. The Hall–Kier alpha value is -1.76. The fraction of sp³-hybridized carbons (Fsp3) is 0.609. The van der Waals surface area contributed by atoms with Crippen LogP contribution in [0.1, 0.15) is 56.3 Å². The summed E-state index contributed by atoms with van der Waals surface area (Å²) in [6.45, 7) is 4.75. The highest BCUT2D eigenvalue weighted by atomic mass is 35.5. The van der Waals surface area contributed by atoms with E-state index in [4.69, 9.17) is 20.8 Å². The van der Waals surface area contributed by atoms with Gasteiger partial charge in [-0.2, -0.15) is 0 Å². The van der Waals surface area contributed by atoms with E-state index < -0.39 is 0 Å². The number of furan rings is 1. The van der Waals surface area contributed by atoms with Gasteiger partial charge < -0.3 is 19.8 Å². The van der Waals surface area contributed by atoms with Gasteiger partial charge in [0, 0.05) is 22.9 Å². The van der Waals surface area contributed by atoms with Crippen molar-refractivity contribution in [1.82, 2.24) is 10.2 Å². The SMILES string of the molecule is O=C1Nc2c(Cl)cc3cc(CN4CCCC5(COC5)C4)oc3c2C2(CCCCC2)N1. The summed E-state index contributed by atoms with van der Waals surface area (Å²) >= 11 is 6.65. The van der Waals surface area contributed by atoms with Gasteiger partial charge in [-0.3, -0.25) is 4.90 Å². The molecule has 1 aliphatic carbocycles. The Morgan fingerprint density at radius 2 is 1.93 bits per heavy atom. The van der Waals surface area contributed by atoms with Gasteiger partial charge in [0.25, 0.3) is 0 Å². The van der Waals surface area contributed by atoms with E-state index in [-0.39, 0.29) is 11.6 Å².